The van der Waals surface area contributed by atoms with Gasteiger partial charge in [-0.05, 0) is 38.3 Å². The van der Waals surface area contributed by atoms with E-state index in [0.717, 1.165) is 5.56 Å². The third-order valence-electron chi connectivity index (χ3n) is 3.36. The summed E-state index contributed by atoms with van der Waals surface area (Å²) in [5.74, 6) is 0. The molecule has 0 spiro atoms. The Bertz CT molecular complexity index is 519. The van der Waals surface area contributed by atoms with Gasteiger partial charge in [-0.1, -0.05) is 18.2 Å². The van der Waals surface area contributed by atoms with Crippen LogP contribution in [0.25, 0.3) is 0 Å². The van der Waals surface area contributed by atoms with Gasteiger partial charge in [-0.2, -0.15) is 0 Å². The minimum absolute atomic E-state index is 0.359. The molecule has 1 aromatic carbocycles. The van der Waals surface area contributed by atoms with Crippen LogP contribution in [0.5, 0.6) is 0 Å². The van der Waals surface area contributed by atoms with Gasteiger partial charge in [-0.25, -0.2) is 13.1 Å². The molecule has 2 rings (SSSR count). The summed E-state index contributed by atoms with van der Waals surface area (Å²) in [6.45, 7) is 4.95. The zero-order chi connectivity index (χ0) is 13.2. The molecule has 100 valence electrons. The first-order chi connectivity index (χ1) is 8.43. The second-order valence-electron chi connectivity index (χ2n) is 5.04. The van der Waals surface area contributed by atoms with Crippen LogP contribution in [0.2, 0.25) is 0 Å². The van der Waals surface area contributed by atoms with Crippen molar-refractivity contribution in [3.63, 3.8) is 0 Å². The van der Waals surface area contributed by atoms with Crippen molar-refractivity contribution in [2.75, 3.05) is 13.2 Å². The monoisotopic (exact) mass is 269 g/mol. The van der Waals surface area contributed by atoms with E-state index in [-0.39, 0.29) is 0 Å². The largest absolute Gasteiger partial charge is 0.381 e. The first kappa shape index (κ1) is 13.5. The van der Waals surface area contributed by atoms with Crippen molar-refractivity contribution in [3.05, 3.63) is 29.8 Å². The first-order valence-electron chi connectivity index (χ1n) is 6.10. The van der Waals surface area contributed by atoms with Gasteiger partial charge in [0.1, 0.15) is 0 Å². The highest BCUT2D eigenvalue weighted by Gasteiger charge is 2.32. The fraction of sp³-hybridized carbons (Fsp3) is 0.538. The summed E-state index contributed by atoms with van der Waals surface area (Å²) in [4.78, 5) is 0.359. The summed E-state index contributed by atoms with van der Waals surface area (Å²) in [7, 11) is -3.45. The molecule has 5 heteroatoms. The quantitative estimate of drug-likeness (QED) is 0.911. The van der Waals surface area contributed by atoms with Crippen molar-refractivity contribution in [2.45, 2.75) is 37.1 Å². The van der Waals surface area contributed by atoms with E-state index in [0.29, 0.717) is 31.0 Å². The molecule has 1 saturated heterocycles. The van der Waals surface area contributed by atoms with Crippen LogP contribution in [0.4, 0.5) is 0 Å². The van der Waals surface area contributed by atoms with E-state index in [1.54, 1.807) is 25.1 Å². The van der Waals surface area contributed by atoms with Crippen LogP contribution < -0.4 is 4.72 Å². The Labute approximate surface area is 108 Å². The zero-order valence-electron chi connectivity index (χ0n) is 10.8. The van der Waals surface area contributed by atoms with Gasteiger partial charge in [0, 0.05) is 18.8 Å². The Morgan fingerprint density at radius 1 is 1.22 bits per heavy atom. The van der Waals surface area contributed by atoms with E-state index in [1.165, 1.54) is 0 Å². The van der Waals surface area contributed by atoms with Crippen LogP contribution in [-0.4, -0.2) is 27.2 Å². The van der Waals surface area contributed by atoms with Crippen molar-refractivity contribution < 1.29 is 13.2 Å². The normalized spacial score (nSPS) is 19.7. The lowest BCUT2D eigenvalue weighted by molar-refractivity contribution is 0.0537. The average Bonchev–Trinajstić information content (AvgIpc) is 2.28. The van der Waals surface area contributed by atoms with Crippen LogP contribution in [0.3, 0.4) is 0 Å². The highest BCUT2D eigenvalue weighted by atomic mass is 32.2. The van der Waals surface area contributed by atoms with E-state index in [4.69, 9.17) is 4.74 Å². The molecule has 0 aromatic heterocycles. The van der Waals surface area contributed by atoms with Crippen LogP contribution in [-0.2, 0) is 14.8 Å². The minimum Gasteiger partial charge on any atom is -0.381 e. The summed E-state index contributed by atoms with van der Waals surface area (Å²) in [6.07, 6.45) is 1.41. The van der Waals surface area contributed by atoms with E-state index in [1.807, 2.05) is 13.0 Å². The SMILES string of the molecule is Cc1ccccc1S(=O)(=O)NC1(C)CCOCC1. The van der Waals surface area contributed by atoms with Crippen LogP contribution in [0.1, 0.15) is 25.3 Å². The van der Waals surface area contributed by atoms with Gasteiger partial charge in [0.05, 0.1) is 4.90 Å². The van der Waals surface area contributed by atoms with Gasteiger partial charge in [0.15, 0.2) is 0 Å². The number of aryl methyl sites for hydroxylation is 1. The number of nitrogens with one attached hydrogen (secondary N) is 1. The summed E-state index contributed by atoms with van der Waals surface area (Å²) in [6, 6.07) is 7.03. The molecule has 1 aromatic rings. The second kappa shape index (κ2) is 4.99. The molecule has 1 fully saturated rings. The highest BCUT2D eigenvalue weighted by Crippen LogP contribution is 2.24. The topological polar surface area (TPSA) is 55.4 Å². The molecule has 1 aliphatic heterocycles. The summed E-state index contributed by atoms with van der Waals surface area (Å²) in [5, 5.41) is 0. The van der Waals surface area contributed by atoms with Crippen molar-refractivity contribution in [1.29, 1.82) is 0 Å². The molecule has 0 radical (unpaired) electrons. The predicted molar refractivity (Wildman–Crippen MR) is 70.0 cm³/mol. The molecule has 4 nitrogen and oxygen atoms in total. The van der Waals surface area contributed by atoms with E-state index in [9.17, 15) is 8.42 Å². The third kappa shape index (κ3) is 2.91. The van der Waals surface area contributed by atoms with Gasteiger partial charge < -0.3 is 4.74 Å². The Morgan fingerprint density at radius 2 is 1.83 bits per heavy atom. The summed E-state index contributed by atoms with van der Waals surface area (Å²) >= 11 is 0. The lowest BCUT2D eigenvalue weighted by Crippen LogP contribution is -2.49. The first-order valence-corrected chi connectivity index (χ1v) is 7.59. The summed E-state index contributed by atoms with van der Waals surface area (Å²) in [5.41, 5.74) is 0.361. The molecular weight excluding hydrogens is 250 g/mol. The molecule has 0 atom stereocenters. The molecule has 0 unspecified atom stereocenters. The van der Waals surface area contributed by atoms with Gasteiger partial charge >= 0.3 is 0 Å². The van der Waals surface area contributed by atoms with Crippen molar-refractivity contribution in [3.8, 4) is 0 Å². The molecule has 1 heterocycles. The maximum absolute atomic E-state index is 12.4. The van der Waals surface area contributed by atoms with Crippen molar-refractivity contribution >= 4 is 10.0 Å². The fourth-order valence-corrected chi connectivity index (χ4v) is 3.87. The van der Waals surface area contributed by atoms with Gasteiger partial charge in [-0.15, -0.1) is 0 Å². The van der Waals surface area contributed by atoms with Crippen molar-refractivity contribution in [2.24, 2.45) is 0 Å². The molecule has 1 N–H and O–H groups in total. The third-order valence-corrected chi connectivity index (χ3v) is 5.16. The standard InChI is InChI=1S/C13H19NO3S/c1-11-5-3-4-6-12(11)18(15,16)14-13(2)7-9-17-10-8-13/h3-6,14H,7-10H2,1-2H3. The van der Waals surface area contributed by atoms with E-state index >= 15 is 0 Å². The maximum Gasteiger partial charge on any atom is 0.241 e. The lowest BCUT2D eigenvalue weighted by atomic mass is 9.94. The minimum atomic E-state index is -3.45. The Kier molecular flexibility index (Phi) is 3.75. The van der Waals surface area contributed by atoms with Crippen molar-refractivity contribution in [1.82, 2.24) is 4.72 Å². The number of rotatable bonds is 3. The molecule has 1 aliphatic rings. The number of sulfonamides is 1. The number of hydrogen-bond acceptors (Lipinski definition) is 3. The zero-order valence-corrected chi connectivity index (χ0v) is 11.6. The number of ether oxygens (including phenoxy) is 1. The lowest BCUT2D eigenvalue weighted by Gasteiger charge is -2.34. The Morgan fingerprint density at radius 3 is 2.44 bits per heavy atom. The Hall–Kier alpha value is -0.910. The Balaban J connectivity index is 2.25. The summed E-state index contributed by atoms with van der Waals surface area (Å²) < 4.78 is 32.8. The van der Waals surface area contributed by atoms with Gasteiger partial charge in [-0.3, -0.25) is 0 Å². The highest BCUT2D eigenvalue weighted by molar-refractivity contribution is 7.89. The molecule has 0 bridgehead atoms. The van der Waals surface area contributed by atoms with Crippen LogP contribution in [0, 0.1) is 6.92 Å². The van der Waals surface area contributed by atoms with E-state index < -0.39 is 15.6 Å². The van der Waals surface area contributed by atoms with E-state index in [2.05, 4.69) is 4.72 Å². The molecule has 0 saturated carbocycles. The predicted octanol–water partition coefficient (Wildman–Crippen LogP) is 1.84. The maximum atomic E-state index is 12.4. The average molecular weight is 269 g/mol. The smallest absolute Gasteiger partial charge is 0.241 e. The van der Waals surface area contributed by atoms with Crippen LogP contribution in [0.15, 0.2) is 29.2 Å². The second-order valence-corrected chi connectivity index (χ2v) is 6.69. The van der Waals surface area contributed by atoms with Crippen LogP contribution >= 0.6 is 0 Å². The molecule has 0 aliphatic carbocycles. The van der Waals surface area contributed by atoms with Gasteiger partial charge in [0.2, 0.25) is 10.0 Å². The van der Waals surface area contributed by atoms with Gasteiger partial charge in [0.25, 0.3) is 0 Å². The molecular formula is C13H19NO3S. The molecule has 18 heavy (non-hydrogen) atoms. The number of hydrogen-bond donors (Lipinski definition) is 1. The fourth-order valence-electron chi connectivity index (χ4n) is 2.16. The number of benzene rings is 1. The molecule has 0 amide bonds.